The smallest absolute Gasteiger partial charge is 0.238 e. The van der Waals surface area contributed by atoms with Gasteiger partial charge in [0.15, 0.2) is 5.82 Å². The highest BCUT2D eigenvalue weighted by molar-refractivity contribution is 7.62. The fourth-order valence-electron chi connectivity index (χ4n) is 3.29. The zero-order valence-electron chi connectivity index (χ0n) is 15.0. The van der Waals surface area contributed by atoms with Crippen LogP contribution in [-0.2, 0) is 4.52 Å². The molecule has 1 aromatic heterocycles. The largest absolute Gasteiger partial charge is 0.357 e. The Labute approximate surface area is 154 Å². The van der Waals surface area contributed by atoms with Gasteiger partial charge in [0.25, 0.3) is 0 Å². The number of hydrogen-bond acceptors (Lipinski definition) is 5. The third kappa shape index (κ3) is 4.39. The third-order valence-corrected chi connectivity index (χ3v) is 6.40. The number of benzene rings is 1. The molecule has 0 spiro atoms. The van der Waals surface area contributed by atoms with Crippen molar-refractivity contribution in [2.75, 3.05) is 11.9 Å². The number of nitrogens with zero attached hydrogens (tertiary/aromatic N) is 3. The van der Waals surface area contributed by atoms with Crippen molar-refractivity contribution in [1.82, 2.24) is 9.97 Å². The topological polar surface area (TPSA) is 82.3 Å². The molecule has 7 heteroatoms. The molecule has 1 saturated carbocycles. The van der Waals surface area contributed by atoms with Crippen LogP contribution in [0.15, 0.2) is 49.2 Å². The summed E-state index contributed by atoms with van der Waals surface area (Å²) in [5, 5.41) is 8.79. The third-order valence-electron chi connectivity index (χ3n) is 4.80. The zero-order chi connectivity index (χ0) is 18.6. The van der Waals surface area contributed by atoms with Crippen molar-refractivity contribution >= 4 is 24.7 Å². The molecule has 138 valence electrons. The number of hydrogen-bond donors (Lipinski definition) is 2. The summed E-state index contributed by atoms with van der Waals surface area (Å²) in [6.45, 7) is 3.71. The van der Waals surface area contributed by atoms with Crippen molar-refractivity contribution in [2.45, 2.75) is 37.8 Å². The lowest BCUT2D eigenvalue weighted by Crippen LogP contribution is -2.37. The maximum atomic E-state index is 10.5. The van der Waals surface area contributed by atoms with Gasteiger partial charge in [-0.1, -0.05) is 24.8 Å². The predicted molar refractivity (Wildman–Crippen MR) is 106 cm³/mol. The Bertz CT molecular complexity index is 791. The molecule has 1 atom stereocenters. The van der Waals surface area contributed by atoms with Crippen molar-refractivity contribution in [3.8, 4) is 0 Å². The van der Waals surface area contributed by atoms with Crippen molar-refractivity contribution in [3.63, 3.8) is 0 Å². The Balaban J connectivity index is 1.58. The number of aromatic nitrogens is 2. The van der Waals surface area contributed by atoms with E-state index in [9.17, 15) is 4.89 Å². The number of nitrogens with one attached hydrogen (secondary N) is 1. The molecule has 1 unspecified atom stereocenters. The van der Waals surface area contributed by atoms with Gasteiger partial charge >= 0.3 is 0 Å². The number of anilines is 1. The van der Waals surface area contributed by atoms with E-state index < -0.39 is 7.51 Å². The van der Waals surface area contributed by atoms with Crippen LogP contribution < -0.4 is 10.2 Å². The molecule has 0 aliphatic heterocycles. The molecule has 0 saturated heterocycles. The van der Waals surface area contributed by atoms with E-state index in [1.54, 1.807) is 24.4 Å². The highest BCUT2D eigenvalue weighted by atomic mass is 31.2. The normalized spacial score (nSPS) is 22.4. The molecule has 1 aliphatic rings. The molecule has 26 heavy (non-hydrogen) atoms. The molecule has 2 aromatic rings. The molecule has 0 bridgehead atoms. The molecule has 1 heterocycles. The minimum atomic E-state index is -3.27. The van der Waals surface area contributed by atoms with Crippen molar-refractivity contribution in [3.05, 3.63) is 55.0 Å². The molecule has 6 nitrogen and oxygen atoms in total. The Morgan fingerprint density at radius 2 is 1.92 bits per heavy atom. The van der Waals surface area contributed by atoms with Crippen molar-refractivity contribution < 1.29 is 9.42 Å². The molecular formula is C19H25N4O2P. The zero-order valence-corrected chi connectivity index (χ0v) is 15.8. The van der Waals surface area contributed by atoms with E-state index in [0.717, 1.165) is 31.5 Å². The van der Waals surface area contributed by atoms with E-state index in [2.05, 4.69) is 21.4 Å². The Morgan fingerprint density at radius 3 is 2.58 bits per heavy atom. The van der Waals surface area contributed by atoms with Crippen LogP contribution in [0.5, 0.6) is 0 Å². The lowest BCUT2D eigenvalue weighted by molar-refractivity contribution is 0.145. The van der Waals surface area contributed by atoms with E-state index in [-0.39, 0.29) is 6.10 Å². The first-order valence-corrected chi connectivity index (χ1v) is 10.4. The summed E-state index contributed by atoms with van der Waals surface area (Å²) in [4.78, 5) is 21.3. The van der Waals surface area contributed by atoms with Gasteiger partial charge in [-0.15, -0.1) is 0 Å². The Hall–Kier alpha value is -2.01. The van der Waals surface area contributed by atoms with Crippen LogP contribution in [0, 0.1) is 5.16 Å². The summed E-state index contributed by atoms with van der Waals surface area (Å²) >= 11 is 0. The Morgan fingerprint density at radius 1 is 1.23 bits per heavy atom. The van der Waals surface area contributed by atoms with E-state index in [4.69, 9.17) is 9.69 Å². The highest BCUT2D eigenvalue weighted by Gasteiger charge is 2.29. The second kappa shape index (κ2) is 8.12. The molecule has 0 amide bonds. The summed E-state index contributed by atoms with van der Waals surface area (Å²) in [5.74, 6) is 1.51. The van der Waals surface area contributed by atoms with Crippen LogP contribution in [-0.4, -0.2) is 34.1 Å². The maximum Gasteiger partial charge on any atom is 0.238 e. The van der Waals surface area contributed by atoms with Gasteiger partial charge in [0.05, 0.1) is 6.10 Å². The first-order chi connectivity index (χ1) is 12.5. The maximum absolute atomic E-state index is 10.5. The summed E-state index contributed by atoms with van der Waals surface area (Å²) < 4.78 is 5.81. The average molecular weight is 372 g/mol. The SMILES string of the molecule is C=Cc1nccc(N(C)C2CCC(OP(=N)(O)c3ccccc3)CC2)n1. The van der Waals surface area contributed by atoms with Gasteiger partial charge in [-0.2, -0.15) is 0 Å². The minimum Gasteiger partial charge on any atom is -0.357 e. The fraction of sp³-hybridized carbons (Fsp3) is 0.368. The van der Waals surface area contributed by atoms with Gasteiger partial charge in [-0.3, -0.25) is 5.16 Å². The van der Waals surface area contributed by atoms with Gasteiger partial charge in [0.2, 0.25) is 7.51 Å². The van der Waals surface area contributed by atoms with Gasteiger partial charge in [0.1, 0.15) is 5.82 Å². The average Bonchev–Trinajstić information content (AvgIpc) is 2.68. The highest BCUT2D eigenvalue weighted by Crippen LogP contribution is 2.45. The van der Waals surface area contributed by atoms with Crippen LogP contribution in [0.1, 0.15) is 31.5 Å². The van der Waals surface area contributed by atoms with Gasteiger partial charge in [-0.25, -0.2) is 9.97 Å². The summed E-state index contributed by atoms with van der Waals surface area (Å²) in [5.41, 5.74) is 0. The molecule has 0 radical (unpaired) electrons. The Kier molecular flexibility index (Phi) is 5.87. The van der Waals surface area contributed by atoms with E-state index in [0.29, 0.717) is 17.2 Å². The predicted octanol–water partition coefficient (Wildman–Crippen LogP) is 3.81. The molecule has 1 fully saturated rings. The summed E-state index contributed by atoms with van der Waals surface area (Å²) in [6, 6.07) is 11.3. The molecule has 1 aliphatic carbocycles. The monoisotopic (exact) mass is 372 g/mol. The first-order valence-electron chi connectivity index (χ1n) is 8.79. The standard InChI is InChI=1S/C19H25N4O2P/c1-3-18-21-14-13-19(22-18)23(2)15-9-11-16(12-10-15)25-26(20,24)17-7-5-4-6-8-17/h3-8,13-16H,1,9-12H2,2H3,(H2,20,24). The fourth-order valence-corrected chi connectivity index (χ4v) is 4.63. The molecular weight excluding hydrogens is 347 g/mol. The number of rotatable bonds is 6. The molecule has 2 N–H and O–H groups in total. The van der Waals surface area contributed by atoms with Crippen molar-refractivity contribution in [1.29, 1.82) is 5.16 Å². The van der Waals surface area contributed by atoms with E-state index in [1.165, 1.54) is 0 Å². The summed E-state index contributed by atoms with van der Waals surface area (Å²) in [7, 11) is -1.23. The van der Waals surface area contributed by atoms with Gasteiger partial charge < -0.3 is 14.3 Å². The van der Waals surface area contributed by atoms with E-state index in [1.807, 2.05) is 31.3 Å². The molecule has 1 aromatic carbocycles. The quantitative estimate of drug-likeness (QED) is 0.754. The lowest BCUT2D eigenvalue weighted by atomic mass is 9.92. The van der Waals surface area contributed by atoms with E-state index >= 15 is 0 Å². The van der Waals surface area contributed by atoms with Crippen LogP contribution in [0.4, 0.5) is 5.82 Å². The second-order valence-electron chi connectivity index (χ2n) is 6.54. The van der Waals surface area contributed by atoms with Crippen LogP contribution in [0.3, 0.4) is 0 Å². The minimum absolute atomic E-state index is 0.0789. The van der Waals surface area contributed by atoms with Gasteiger partial charge in [-0.05, 0) is 50.0 Å². The summed E-state index contributed by atoms with van der Waals surface area (Å²) in [6.07, 6.45) is 6.82. The van der Waals surface area contributed by atoms with Crippen LogP contribution in [0.2, 0.25) is 0 Å². The van der Waals surface area contributed by atoms with Gasteiger partial charge in [0, 0.05) is 24.6 Å². The van der Waals surface area contributed by atoms with Crippen molar-refractivity contribution in [2.24, 2.45) is 0 Å². The lowest BCUT2D eigenvalue weighted by Gasteiger charge is -2.36. The molecule has 3 rings (SSSR count). The van der Waals surface area contributed by atoms with Crippen LogP contribution in [0.25, 0.3) is 6.08 Å². The first kappa shape index (κ1) is 18.8. The second-order valence-corrected chi connectivity index (χ2v) is 8.41. The van der Waals surface area contributed by atoms with Crippen LogP contribution >= 0.6 is 7.51 Å².